The van der Waals surface area contributed by atoms with Crippen molar-refractivity contribution >= 4 is 5.91 Å². The Morgan fingerprint density at radius 3 is 2.58 bits per heavy atom. The number of hydrogen-bond acceptors (Lipinski definition) is 3. The molecule has 0 aliphatic heterocycles. The fraction of sp³-hybridized carbons (Fsp3) is 0.533. The van der Waals surface area contributed by atoms with Crippen LogP contribution in [-0.4, -0.2) is 30.2 Å². The molecule has 1 aromatic rings. The summed E-state index contributed by atoms with van der Waals surface area (Å²) in [5, 5.41) is 15.9. The SMILES string of the molecule is CNC(=O)c1ccc(CN[C@@H]2CCCC[C@@H]2O)cc1. The first-order valence-corrected chi connectivity index (χ1v) is 6.93. The molecular weight excluding hydrogens is 240 g/mol. The van der Waals surface area contributed by atoms with Gasteiger partial charge in [-0.15, -0.1) is 0 Å². The maximum atomic E-state index is 11.4. The van der Waals surface area contributed by atoms with E-state index >= 15 is 0 Å². The Kier molecular flexibility index (Phi) is 4.93. The van der Waals surface area contributed by atoms with Crippen LogP contribution in [-0.2, 0) is 6.54 Å². The Labute approximate surface area is 114 Å². The van der Waals surface area contributed by atoms with Crippen molar-refractivity contribution in [3.8, 4) is 0 Å². The molecule has 0 unspecified atom stereocenters. The molecule has 0 radical (unpaired) electrons. The third kappa shape index (κ3) is 3.78. The van der Waals surface area contributed by atoms with Crippen LogP contribution in [0.2, 0.25) is 0 Å². The molecule has 4 heteroatoms. The van der Waals surface area contributed by atoms with Gasteiger partial charge in [-0.3, -0.25) is 4.79 Å². The summed E-state index contributed by atoms with van der Waals surface area (Å²) in [4.78, 5) is 11.4. The molecule has 0 heterocycles. The molecule has 1 aliphatic carbocycles. The van der Waals surface area contributed by atoms with Crippen molar-refractivity contribution in [1.82, 2.24) is 10.6 Å². The highest BCUT2D eigenvalue weighted by Gasteiger charge is 2.21. The molecule has 1 fully saturated rings. The summed E-state index contributed by atoms with van der Waals surface area (Å²) >= 11 is 0. The van der Waals surface area contributed by atoms with Crippen LogP contribution in [0.25, 0.3) is 0 Å². The van der Waals surface area contributed by atoms with Crippen molar-refractivity contribution in [3.63, 3.8) is 0 Å². The molecule has 0 spiro atoms. The lowest BCUT2D eigenvalue weighted by Crippen LogP contribution is -2.41. The summed E-state index contributed by atoms with van der Waals surface area (Å²) in [6, 6.07) is 7.76. The highest BCUT2D eigenvalue weighted by atomic mass is 16.3. The molecule has 1 amide bonds. The number of aliphatic hydroxyl groups is 1. The van der Waals surface area contributed by atoms with Crippen LogP contribution >= 0.6 is 0 Å². The lowest BCUT2D eigenvalue weighted by Gasteiger charge is -2.28. The molecular formula is C15H22N2O2. The highest BCUT2D eigenvalue weighted by molar-refractivity contribution is 5.93. The topological polar surface area (TPSA) is 61.4 Å². The number of hydrogen-bond donors (Lipinski definition) is 3. The zero-order chi connectivity index (χ0) is 13.7. The van der Waals surface area contributed by atoms with Crippen LogP contribution in [0.5, 0.6) is 0 Å². The van der Waals surface area contributed by atoms with Gasteiger partial charge in [0, 0.05) is 25.2 Å². The lowest BCUT2D eigenvalue weighted by atomic mass is 9.92. The molecule has 19 heavy (non-hydrogen) atoms. The van der Waals surface area contributed by atoms with E-state index in [1.807, 2.05) is 24.3 Å². The third-order valence-corrected chi connectivity index (χ3v) is 3.74. The second-order valence-electron chi connectivity index (χ2n) is 5.12. The van der Waals surface area contributed by atoms with Gasteiger partial charge >= 0.3 is 0 Å². The molecule has 0 aromatic heterocycles. The van der Waals surface area contributed by atoms with E-state index in [0.29, 0.717) is 5.56 Å². The van der Waals surface area contributed by atoms with Crippen LogP contribution in [0.15, 0.2) is 24.3 Å². The average Bonchev–Trinajstić information content (AvgIpc) is 2.46. The van der Waals surface area contributed by atoms with Crippen LogP contribution in [0.1, 0.15) is 41.6 Å². The second-order valence-corrected chi connectivity index (χ2v) is 5.12. The van der Waals surface area contributed by atoms with Crippen molar-refractivity contribution in [1.29, 1.82) is 0 Å². The molecule has 1 saturated carbocycles. The number of carbonyl (C=O) groups is 1. The molecule has 2 atom stereocenters. The van der Waals surface area contributed by atoms with Crippen LogP contribution < -0.4 is 10.6 Å². The predicted molar refractivity (Wildman–Crippen MR) is 74.9 cm³/mol. The number of nitrogens with one attached hydrogen (secondary N) is 2. The third-order valence-electron chi connectivity index (χ3n) is 3.74. The zero-order valence-electron chi connectivity index (χ0n) is 11.4. The quantitative estimate of drug-likeness (QED) is 0.769. The van der Waals surface area contributed by atoms with Gasteiger partial charge in [-0.05, 0) is 30.5 Å². The van der Waals surface area contributed by atoms with Gasteiger partial charge in [0.2, 0.25) is 0 Å². The molecule has 0 bridgehead atoms. The predicted octanol–water partition coefficient (Wildman–Crippen LogP) is 1.44. The van der Waals surface area contributed by atoms with Gasteiger partial charge in [-0.25, -0.2) is 0 Å². The van der Waals surface area contributed by atoms with Gasteiger partial charge in [-0.2, -0.15) is 0 Å². The fourth-order valence-electron chi connectivity index (χ4n) is 2.52. The van der Waals surface area contributed by atoms with E-state index < -0.39 is 0 Å². The summed E-state index contributed by atoms with van der Waals surface area (Å²) < 4.78 is 0. The summed E-state index contributed by atoms with van der Waals surface area (Å²) in [6.45, 7) is 0.732. The molecule has 1 aliphatic rings. The smallest absolute Gasteiger partial charge is 0.251 e. The van der Waals surface area contributed by atoms with E-state index in [-0.39, 0.29) is 18.1 Å². The Balaban J connectivity index is 1.87. The summed E-state index contributed by atoms with van der Waals surface area (Å²) in [5.41, 5.74) is 1.80. The number of aliphatic hydroxyl groups excluding tert-OH is 1. The monoisotopic (exact) mass is 262 g/mol. The number of carbonyl (C=O) groups excluding carboxylic acids is 1. The first kappa shape index (κ1) is 14.0. The lowest BCUT2D eigenvalue weighted by molar-refractivity contribution is 0.0902. The Morgan fingerprint density at radius 1 is 1.26 bits per heavy atom. The normalized spacial score (nSPS) is 23.1. The van der Waals surface area contributed by atoms with Crippen molar-refractivity contribution in [2.24, 2.45) is 0 Å². The van der Waals surface area contributed by atoms with Gasteiger partial charge in [0.1, 0.15) is 0 Å². The van der Waals surface area contributed by atoms with E-state index in [4.69, 9.17) is 0 Å². The van der Waals surface area contributed by atoms with Crippen LogP contribution in [0.3, 0.4) is 0 Å². The molecule has 0 saturated heterocycles. The zero-order valence-corrected chi connectivity index (χ0v) is 11.4. The van der Waals surface area contributed by atoms with Gasteiger partial charge in [0.05, 0.1) is 6.10 Å². The van der Waals surface area contributed by atoms with Crippen molar-refractivity contribution in [2.45, 2.75) is 44.4 Å². The second kappa shape index (κ2) is 6.68. The fourth-order valence-corrected chi connectivity index (χ4v) is 2.52. The molecule has 104 valence electrons. The van der Waals surface area contributed by atoms with E-state index in [0.717, 1.165) is 31.4 Å². The molecule has 4 nitrogen and oxygen atoms in total. The maximum absolute atomic E-state index is 11.4. The summed E-state index contributed by atoms with van der Waals surface area (Å²) in [6.07, 6.45) is 4.02. The minimum atomic E-state index is -0.223. The van der Waals surface area contributed by atoms with E-state index in [1.165, 1.54) is 6.42 Å². The first-order valence-electron chi connectivity index (χ1n) is 6.93. The molecule has 1 aromatic carbocycles. The Hall–Kier alpha value is -1.39. The van der Waals surface area contributed by atoms with Crippen molar-refractivity contribution in [2.75, 3.05) is 7.05 Å². The maximum Gasteiger partial charge on any atom is 0.251 e. The summed E-state index contributed by atoms with van der Waals surface area (Å²) in [7, 11) is 1.63. The van der Waals surface area contributed by atoms with Gasteiger partial charge in [-0.1, -0.05) is 25.0 Å². The first-order chi connectivity index (χ1) is 9.20. The number of rotatable bonds is 4. The standard InChI is InChI=1S/C15H22N2O2/c1-16-15(19)12-8-6-11(7-9-12)10-17-13-4-2-3-5-14(13)18/h6-9,13-14,17-18H,2-5,10H2,1H3,(H,16,19)/t13-,14+/m1/s1. The minimum absolute atomic E-state index is 0.0674. The van der Waals surface area contributed by atoms with Crippen molar-refractivity contribution < 1.29 is 9.90 Å². The van der Waals surface area contributed by atoms with Crippen LogP contribution in [0, 0.1) is 0 Å². The van der Waals surface area contributed by atoms with Gasteiger partial charge in [0.15, 0.2) is 0 Å². The minimum Gasteiger partial charge on any atom is -0.392 e. The Morgan fingerprint density at radius 2 is 1.95 bits per heavy atom. The Bertz CT molecular complexity index is 417. The number of amides is 1. The average molecular weight is 262 g/mol. The molecule has 3 N–H and O–H groups in total. The van der Waals surface area contributed by atoms with Gasteiger partial charge in [0.25, 0.3) is 5.91 Å². The highest BCUT2D eigenvalue weighted by Crippen LogP contribution is 2.18. The van der Waals surface area contributed by atoms with Crippen LogP contribution in [0.4, 0.5) is 0 Å². The van der Waals surface area contributed by atoms with E-state index in [2.05, 4.69) is 10.6 Å². The van der Waals surface area contributed by atoms with E-state index in [9.17, 15) is 9.90 Å². The largest absolute Gasteiger partial charge is 0.392 e. The summed E-state index contributed by atoms with van der Waals surface area (Å²) in [5.74, 6) is -0.0674. The van der Waals surface area contributed by atoms with Gasteiger partial charge < -0.3 is 15.7 Å². The van der Waals surface area contributed by atoms with Crippen molar-refractivity contribution in [3.05, 3.63) is 35.4 Å². The number of benzene rings is 1. The molecule has 2 rings (SSSR count). The van der Waals surface area contributed by atoms with E-state index in [1.54, 1.807) is 7.05 Å².